The Balaban J connectivity index is 1.54. The van der Waals surface area contributed by atoms with Crippen LogP contribution in [0.1, 0.15) is 23.4 Å². The summed E-state index contributed by atoms with van der Waals surface area (Å²) >= 11 is 1.60. The maximum atomic E-state index is 11.8. The molecule has 1 fully saturated rings. The molecule has 0 radical (unpaired) electrons. The molecule has 0 spiro atoms. The predicted molar refractivity (Wildman–Crippen MR) is 88.7 cm³/mol. The summed E-state index contributed by atoms with van der Waals surface area (Å²) in [5.74, 6) is 0.646. The average molecular weight is 314 g/mol. The largest absolute Gasteiger partial charge is 0.347 e. The molecule has 5 nitrogen and oxygen atoms in total. The number of nitrogens with one attached hydrogen (secondary N) is 1. The molecular weight excluding hydrogens is 296 g/mol. The Morgan fingerprint density at radius 3 is 3.00 bits per heavy atom. The molecule has 0 aliphatic carbocycles. The van der Waals surface area contributed by atoms with E-state index in [9.17, 15) is 4.79 Å². The first-order valence-electron chi connectivity index (χ1n) is 7.37. The van der Waals surface area contributed by atoms with E-state index in [4.69, 9.17) is 0 Å². The maximum Gasteiger partial charge on any atom is 0.244 e. The molecule has 1 aliphatic rings. The molecule has 0 unspecified atom stereocenters. The normalized spacial score (nSPS) is 14.6. The lowest BCUT2D eigenvalue weighted by molar-refractivity contribution is -0.116. The van der Waals surface area contributed by atoms with Gasteiger partial charge in [-0.05, 0) is 36.4 Å². The zero-order chi connectivity index (χ0) is 15.2. The number of rotatable bonds is 5. The van der Waals surface area contributed by atoms with Crippen molar-refractivity contribution in [2.24, 2.45) is 0 Å². The molecule has 1 N–H and O–H groups in total. The third-order valence-corrected chi connectivity index (χ3v) is 4.31. The number of nitrogens with zero attached hydrogens (tertiary/aromatic N) is 3. The summed E-state index contributed by atoms with van der Waals surface area (Å²) in [5.41, 5.74) is 0.828. The van der Waals surface area contributed by atoms with Gasteiger partial charge in [0.15, 0.2) is 0 Å². The van der Waals surface area contributed by atoms with Gasteiger partial charge in [-0.25, -0.2) is 9.97 Å². The molecule has 3 rings (SSSR count). The number of aromatic nitrogens is 2. The van der Waals surface area contributed by atoms with Crippen LogP contribution in [0, 0.1) is 0 Å². The molecule has 114 valence electrons. The van der Waals surface area contributed by atoms with Gasteiger partial charge in [-0.3, -0.25) is 4.79 Å². The Morgan fingerprint density at radius 1 is 1.36 bits per heavy atom. The van der Waals surface area contributed by atoms with E-state index in [0.717, 1.165) is 29.6 Å². The molecule has 0 aromatic carbocycles. The van der Waals surface area contributed by atoms with Crippen molar-refractivity contribution in [1.82, 2.24) is 15.3 Å². The van der Waals surface area contributed by atoms with Crippen molar-refractivity contribution in [3.63, 3.8) is 0 Å². The monoisotopic (exact) mass is 314 g/mol. The molecule has 1 amide bonds. The van der Waals surface area contributed by atoms with Gasteiger partial charge in [-0.15, -0.1) is 11.3 Å². The number of anilines is 1. The second-order valence-corrected chi connectivity index (χ2v) is 6.09. The molecular formula is C16H18N4OS. The number of hydrogen-bond acceptors (Lipinski definition) is 5. The number of amides is 1. The van der Waals surface area contributed by atoms with Crippen molar-refractivity contribution in [1.29, 1.82) is 0 Å². The summed E-state index contributed by atoms with van der Waals surface area (Å²) in [6.07, 6.45) is 7.50. The summed E-state index contributed by atoms with van der Waals surface area (Å²) in [4.78, 5) is 23.9. The molecule has 1 aliphatic heterocycles. The van der Waals surface area contributed by atoms with E-state index in [2.05, 4.69) is 20.2 Å². The van der Waals surface area contributed by atoms with Crippen molar-refractivity contribution in [3.8, 4) is 0 Å². The summed E-state index contributed by atoms with van der Waals surface area (Å²) in [7, 11) is 0. The summed E-state index contributed by atoms with van der Waals surface area (Å²) in [6.45, 7) is 2.44. The third-order valence-electron chi connectivity index (χ3n) is 3.48. The Hall–Kier alpha value is -2.21. The van der Waals surface area contributed by atoms with Crippen molar-refractivity contribution >= 4 is 29.3 Å². The standard InChI is InChI=1S/C16H18N4OS/c21-15(6-5-14-4-3-11-22-14)18-12-13-7-8-17-16(19-13)20-9-1-2-10-20/h3-8,11H,1-2,9-10,12H2,(H,18,21)/b6-5+. The van der Waals surface area contributed by atoms with Crippen LogP contribution in [0.15, 0.2) is 35.9 Å². The van der Waals surface area contributed by atoms with Crippen LogP contribution in [-0.2, 0) is 11.3 Å². The molecule has 2 aromatic rings. The smallest absolute Gasteiger partial charge is 0.244 e. The fraction of sp³-hybridized carbons (Fsp3) is 0.312. The first-order chi connectivity index (χ1) is 10.8. The Labute approximate surface area is 133 Å². The van der Waals surface area contributed by atoms with Gasteiger partial charge in [0.25, 0.3) is 0 Å². The minimum Gasteiger partial charge on any atom is -0.347 e. The molecule has 1 saturated heterocycles. The van der Waals surface area contributed by atoms with Crippen LogP contribution in [0.3, 0.4) is 0 Å². The SMILES string of the molecule is O=C(/C=C/c1cccs1)NCc1ccnc(N2CCCC2)n1. The van der Waals surface area contributed by atoms with E-state index in [1.807, 2.05) is 29.7 Å². The van der Waals surface area contributed by atoms with Crippen molar-refractivity contribution < 1.29 is 4.79 Å². The zero-order valence-electron chi connectivity index (χ0n) is 12.2. The zero-order valence-corrected chi connectivity index (χ0v) is 13.1. The van der Waals surface area contributed by atoms with Gasteiger partial charge in [0.1, 0.15) is 0 Å². The lowest BCUT2D eigenvalue weighted by Gasteiger charge is -2.15. The second kappa shape index (κ2) is 7.17. The Morgan fingerprint density at radius 2 is 2.23 bits per heavy atom. The van der Waals surface area contributed by atoms with Crippen molar-refractivity contribution in [3.05, 3.63) is 46.4 Å². The number of hydrogen-bond donors (Lipinski definition) is 1. The molecule has 22 heavy (non-hydrogen) atoms. The number of carbonyl (C=O) groups is 1. The van der Waals surface area contributed by atoms with Gasteiger partial charge >= 0.3 is 0 Å². The third kappa shape index (κ3) is 3.92. The van der Waals surface area contributed by atoms with Crippen LogP contribution in [0.2, 0.25) is 0 Å². The highest BCUT2D eigenvalue weighted by Gasteiger charge is 2.14. The molecule has 0 bridgehead atoms. The second-order valence-electron chi connectivity index (χ2n) is 5.11. The van der Waals surface area contributed by atoms with Crippen LogP contribution < -0.4 is 10.2 Å². The molecule has 0 atom stereocenters. The van der Waals surface area contributed by atoms with Crippen LogP contribution in [0.5, 0.6) is 0 Å². The highest BCUT2D eigenvalue weighted by Crippen LogP contribution is 2.15. The van der Waals surface area contributed by atoms with Gasteiger partial charge in [-0.2, -0.15) is 0 Å². The van der Waals surface area contributed by atoms with E-state index in [0.29, 0.717) is 6.54 Å². The topological polar surface area (TPSA) is 58.1 Å². The Kier molecular flexibility index (Phi) is 4.80. The van der Waals surface area contributed by atoms with Gasteiger partial charge in [-0.1, -0.05) is 6.07 Å². The number of thiophene rings is 1. The van der Waals surface area contributed by atoms with E-state index < -0.39 is 0 Å². The van der Waals surface area contributed by atoms with Gasteiger partial charge in [0.05, 0.1) is 12.2 Å². The van der Waals surface area contributed by atoms with Crippen LogP contribution >= 0.6 is 11.3 Å². The summed E-state index contributed by atoms with van der Waals surface area (Å²) in [5, 5.41) is 4.83. The van der Waals surface area contributed by atoms with Gasteiger partial charge < -0.3 is 10.2 Å². The average Bonchev–Trinajstić information content (AvgIpc) is 3.24. The number of carbonyl (C=O) groups excluding carboxylic acids is 1. The first-order valence-corrected chi connectivity index (χ1v) is 8.25. The van der Waals surface area contributed by atoms with Crippen molar-refractivity contribution in [2.45, 2.75) is 19.4 Å². The first kappa shape index (κ1) is 14.7. The highest BCUT2D eigenvalue weighted by atomic mass is 32.1. The minimum atomic E-state index is -0.116. The van der Waals surface area contributed by atoms with Crippen molar-refractivity contribution in [2.75, 3.05) is 18.0 Å². The van der Waals surface area contributed by atoms with Gasteiger partial charge in [0.2, 0.25) is 11.9 Å². The van der Waals surface area contributed by atoms with Gasteiger partial charge in [0, 0.05) is 30.2 Å². The highest BCUT2D eigenvalue weighted by molar-refractivity contribution is 7.10. The fourth-order valence-corrected chi connectivity index (χ4v) is 2.95. The maximum absolute atomic E-state index is 11.8. The van der Waals surface area contributed by atoms with E-state index >= 15 is 0 Å². The fourth-order valence-electron chi connectivity index (χ4n) is 2.33. The minimum absolute atomic E-state index is 0.116. The molecule has 3 heterocycles. The molecule has 2 aromatic heterocycles. The summed E-state index contributed by atoms with van der Waals surface area (Å²) in [6, 6.07) is 5.77. The van der Waals surface area contributed by atoms with Crippen LogP contribution in [-0.4, -0.2) is 29.0 Å². The van der Waals surface area contributed by atoms with E-state index in [1.165, 1.54) is 12.8 Å². The van der Waals surface area contributed by atoms with E-state index in [-0.39, 0.29) is 5.91 Å². The lowest BCUT2D eigenvalue weighted by atomic mass is 10.3. The quantitative estimate of drug-likeness (QED) is 0.861. The van der Waals surface area contributed by atoms with Crippen LogP contribution in [0.4, 0.5) is 5.95 Å². The predicted octanol–water partition coefficient (Wildman–Crippen LogP) is 2.47. The lowest BCUT2D eigenvalue weighted by Crippen LogP contribution is -2.23. The molecule has 0 saturated carbocycles. The van der Waals surface area contributed by atoms with E-state index in [1.54, 1.807) is 23.6 Å². The molecule has 6 heteroatoms. The Bertz CT molecular complexity index is 648. The van der Waals surface area contributed by atoms with Crippen LogP contribution in [0.25, 0.3) is 6.08 Å². The summed E-state index contributed by atoms with van der Waals surface area (Å²) < 4.78 is 0.